The zero-order valence-corrected chi connectivity index (χ0v) is 14.6. The third kappa shape index (κ3) is 5.52. The van der Waals surface area contributed by atoms with Crippen LogP contribution in [0.2, 0.25) is 0 Å². The average molecular weight is 339 g/mol. The summed E-state index contributed by atoms with van der Waals surface area (Å²) in [4.78, 5) is 2.24. The van der Waals surface area contributed by atoms with Crippen molar-refractivity contribution in [3.63, 3.8) is 0 Å². The lowest BCUT2D eigenvalue weighted by atomic mass is 10.1. The van der Waals surface area contributed by atoms with Gasteiger partial charge in [-0.15, -0.1) is 0 Å². The standard InChI is InChI=1S/C22H26FNO/c23-21(13-8-16-25-18-20-11-5-2-6-12-20)22-14-7-15-24(22)17-19-9-3-1-4-10-19/h1-6,9-13,22H,7-8,14-18H2/b21-13-. The smallest absolute Gasteiger partial charge is 0.113 e. The van der Waals surface area contributed by atoms with Gasteiger partial charge in [-0.3, -0.25) is 4.90 Å². The van der Waals surface area contributed by atoms with Crippen molar-refractivity contribution in [2.45, 2.75) is 38.5 Å². The second-order valence-corrected chi connectivity index (χ2v) is 6.53. The lowest BCUT2D eigenvalue weighted by Crippen LogP contribution is -2.29. The summed E-state index contributed by atoms with van der Waals surface area (Å²) in [6.45, 7) is 2.91. The van der Waals surface area contributed by atoms with Crippen LogP contribution >= 0.6 is 0 Å². The molecule has 3 heteroatoms. The molecule has 25 heavy (non-hydrogen) atoms. The van der Waals surface area contributed by atoms with E-state index in [4.69, 9.17) is 4.74 Å². The summed E-state index contributed by atoms with van der Waals surface area (Å²) in [6, 6.07) is 20.3. The molecule has 2 aromatic rings. The van der Waals surface area contributed by atoms with Crippen LogP contribution in [0.1, 0.15) is 30.4 Å². The molecule has 0 aromatic heterocycles. The van der Waals surface area contributed by atoms with E-state index in [-0.39, 0.29) is 11.9 Å². The van der Waals surface area contributed by atoms with E-state index in [0.29, 0.717) is 19.6 Å². The minimum absolute atomic E-state index is 0.00302. The first-order valence-corrected chi connectivity index (χ1v) is 9.08. The number of rotatable bonds is 8. The third-order valence-electron chi connectivity index (χ3n) is 4.62. The summed E-state index contributed by atoms with van der Waals surface area (Å²) in [5.74, 6) is -0.00302. The third-order valence-corrected chi connectivity index (χ3v) is 4.62. The summed E-state index contributed by atoms with van der Waals surface area (Å²) in [7, 11) is 0. The van der Waals surface area contributed by atoms with E-state index in [1.54, 1.807) is 6.08 Å². The van der Waals surface area contributed by atoms with Gasteiger partial charge in [0, 0.05) is 6.54 Å². The molecule has 1 unspecified atom stereocenters. The number of hydrogen-bond donors (Lipinski definition) is 0. The Balaban J connectivity index is 1.44. The summed E-state index contributed by atoms with van der Waals surface area (Å²) >= 11 is 0. The first-order valence-electron chi connectivity index (χ1n) is 9.08. The van der Waals surface area contributed by atoms with Gasteiger partial charge in [-0.05, 0) is 43.0 Å². The molecule has 0 radical (unpaired) electrons. The highest BCUT2D eigenvalue weighted by atomic mass is 19.1. The van der Waals surface area contributed by atoms with Crippen LogP contribution < -0.4 is 0 Å². The summed E-state index contributed by atoms with van der Waals surface area (Å²) in [5, 5.41) is 0. The molecule has 1 aliphatic heterocycles. The molecule has 0 saturated carbocycles. The Labute approximate surface area is 149 Å². The Morgan fingerprint density at radius 1 is 1.04 bits per heavy atom. The number of hydrogen-bond acceptors (Lipinski definition) is 2. The SMILES string of the molecule is F/C(=C\CCOCc1ccccc1)C1CCCN1Cc1ccccc1. The number of benzene rings is 2. The van der Waals surface area contributed by atoms with Crippen molar-refractivity contribution in [1.82, 2.24) is 4.90 Å². The van der Waals surface area contributed by atoms with Crippen molar-refractivity contribution in [2.75, 3.05) is 13.2 Å². The maximum absolute atomic E-state index is 14.6. The second-order valence-electron chi connectivity index (χ2n) is 6.53. The van der Waals surface area contributed by atoms with E-state index in [2.05, 4.69) is 17.0 Å². The number of nitrogens with zero attached hydrogens (tertiary/aromatic N) is 1. The van der Waals surface area contributed by atoms with Crippen molar-refractivity contribution in [3.8, 4) is 0 Å². The van der Waals surface area contributed by atoms with Gasteiger partial charge >= 0.3 is 0 Å². The van der Waals surface area contributed by atoms with Gasteiger partial charge in [0.1, 0.15) is 5.83 Å². The van der Waals surface area contributed by atoms with Gasteiger partial charge in [-0.2, -0.15) is 0 Å². The van der Waals surface area contributed by atoms with Gasteiger partial charge in [0.2, 0.25) is 0 Å². The molecule has 1 fully saturated rings. The van der Waals surface area contributed by atoms with Crippen LogP contribution in [-0.2, 0) is 17.9 Å². The van der Waals surface area contributed by atoms with Crippen LogP contribution in [0, 0.1) is 0 Å². The van der Waals surface area contributed by atoms with Crippen molar-refractivity contribution in [2.24, 2.45) is 0 Å². The van der Waals surface area contributed by atoms with E-state index < -0.39 is 0 Å². The molecule has 1 heterocycles. The van der Waals surface area contributed by atoms with Crippen LogP contribution in [0.4, 0.5) is 4.39 Å². The Morgan fingerprint density at radius 2 is 1.72 bits per heavy atom. The van der Waals surface area contributed by atoms with Crippen LogP contribution in [0.3, 0.4) is 0 Å². The minimum Gasteiger partial charge on any atom is -0.376 e. The maximum Gasteiger partial charge on any atom is 0.113 e. The zero-order chi connectivity index (χ0) is 17.3. The molecule has 2 nitrogen and oxygen atoms in total. The monoisotopic (exact) mass is 339 g/mol. The van der Waals surface area contributed by atoms with Crippen LogP contribution in [0.25, 0.3) is 0 Å². The van der Waals surface area contributed by atoms with Crippen molar-refractivity contribution in [1.29, 1.82) is 0 Å². The molecular weight excluding hydrogens is 313 g/mol. The average Bonchev–Trinajstić information content (AvgIpc) is 3.11. The van der Waals surface area contributed by atoms with Gasteiger partial charge < -0.3 is 4.74 Å². The normalized spacial score (nSPS) is 18.6. The first-order chi connectivity index (χ1) is 12.3. The Kier molecular flexibility index (Phi) is 6.78. The van der Waals surface area contributed by atoms with Crippen molar-refractivity contribution >= 4 is 0 Å². The molecule has 0 amide bonds. The van der Waals surface area contributed by atoms with Crippen LogP contribution in [0.5, 0.6) is 0 Å². The van der Waals surface area contributed by atoms with E-state index in [9.17, 15) is 4.39 Å². The van der Waals surface area contributed by atoms with Gasteiger partial charge in [-0.1, -0.05) is 60.7 Å². The summed E-state index contributed by atoms with van der Waals surface area (Å²) < 4.78 is 20.2. The van der Waals surface area contributed by atoms with Crippen molar-refractivity contribution < 1.29 is 9.13 Å². The predicted molar refractivity (Wildman–Crippen MR) is 99.8 cm³/mol. The highest BCUT2D eigenvalue weighted by Crippen LogP contribution is 2.26. The maximum atomic E-state index is 14.6. The topological polar surface area (TPSA) is 12.5 Å². The first kappa shape index (κ1) is 17.8. The minimum atomic E-state index is -0.0747. The molecule has 1 atom stereocenters. The Morgan fingerprint density at radius 3 is 2.44 bits per heavy atom. The van der Waals surface area contributed by atoms with Crippen LogP contribution in [0.15, 0.2) is 72.6 Å². The van der Waals surface area contributed by atoms with E-state index in [1.165, 1.54) is 5.56 Å². The largest absolute Gasteiger partial charge is 0.376 e. The van der Waals surface area contributed by atoms with Crippen LogP contribution in [-0.4, -0.2) is 24.1 Å². The fourth-order valence-electron chi connectivity index (χ4n) is 3.33. The molecule has 2 aromatic carbocycles. The quantitative estimate of drug-likeness (QED) is 0.620. The molecule has 1 aliphatic rings. The summed E-state index contributed by atoms with van der Waals surface area (Å²) in [6.07, 6.45) is 4.29. The molecule has 0 aliphatic carbocycles. The highest BCUT2D eigenvalue weighted by molar-refractivity contribution is 5.16. The van der Waals surface area contributed by atoms with Gasteiger partial charge in [0.15, 0.2) is 0 Å². The molecule has 0 N–H and O–H groups in total. The molecular formula is C22H26FNO. The number of ether oxygens (including phenoxy) is 1. The van der Waals surface area contributed by atoms with Crippen molar-refractivity contribution in [3.05, 3.63) is 83.7 Å². The molecule has 0 spiro atoms. The van der Waals surface area contributed by atoms with E-state index >= 15 is 0 Å². The highest BCUT2D eigenvalue weighted by Gasteiger charge is 2.27. The second kappa shape index (κ2) is 9.50. The number of likely N-dealkylation sites (tertiary alicyclic amines) is 1. The predicted octanol–water partition coefficient (Wildman–Crippen LogP) is 5.11. The van der Waals surface area contributed by atoms with Gasteiger partial charge in [-0.25, -0.2) is 4.39 Å². The fraction of sp³-hybridized carbons (Fsp3) is 0.364. The Bertz CT molecular complexity index is 656. The molecule has 3 rings (SSSR count). The van der Waals surface area contributed by atoms with E-state index in [1.807, 2.05) is 48.5 Å². The lowest BCUT2D eigenvalue weighted by molar-refractivity contribution is 0.124. The number of halogens is 1. The Hall–Kier alpha value is -1.97. The summed E-state index contributed by atoms with van der Waals surface area (Å²) in [5.41, 5.74) is 2.39. The van der Waals surface area contributed by atoms with E-state index in [0.717, 1.165) is 31.5 Å². The molecule has 132 valence electrons. The zero-order valence-electron chi connectivity index (χ0n) is 14.6. The van der Waals surface area contributed by atoms with Gasteiger partial charge in [0.05, 0.1) is 19.3 Å². The molecule has 1 saturated heterocycles. The van der Waals surface area contributed by atoms with Gasteiger partial charge in [0.25, 0.3) is 0 Å². The lowest BCUT2D eigenvalue weighted by Gasteiger charge is -2.23. The fourth-order valence-corrected chi connectivity index (χ4v) is 3.33. The molecule has 0 bridgehead atoms.